The van der Waals surface area contributed by atoms with Gasteiger partial charge in [0.05, 0.1) is 6.26 Å². The average Bonchev–Trinajstić information content (AvgIpc) is 2.95. The number of nitrogens with one attached hydrogen (secondary N) is 1. The summed E-state index contributed by atoms with van der Waals surface area (Å²) in [4.78, 5) is 36.1. The number of hydrogen-bond acceptors (Lipinski definition) is 6. The highest BCUT2D eigenvalue weighted by Gasteiger charge is 2.23. The summed E-state index contributed by atoms with van der Waals surface area (Å²) < 4.78 is 31.4. The van der Waals surface area contributed by atoms with Gasteiger partial charge in [0.15, 0.2) is 11.9 Å². The summed E-state index contributed by atoms with van der Waals surface area (Å²) in [6.45, 7) is 2.83. The maximum atomic E-state index is 12.4. The van der Waals surface area contributed by atoms with E-state index >= 15 is 0 Å². The molecule has 27 heavy (non-hydrogen) atoms. The van der Waals surface area contributed by atoms with Crippen LogP contribution in [0.3, 0.4) is 0 Å². The van der Waals surface area contributed by atoms with E-state index in [0.29, 0.717) is 11.3 Å². The zero-order chi connectivity index (χ0) is 20.4. The number of benzene rings is 1. The molecule has 0 unspecified atom stereocenters. The van der Waals surface area contributed by atoms with Crippen LogP contribution in [0.2, 0.25) is 0 Å². The normalized spacial score (nSPS) is 12.3. The quantitative estimate of drug-likeness (QED) is 0.570. The highest BCUT2D eigenvalue weighted by molar-refractivity contribution is 7.92. The van der Waals surface area contributed by atoms with Gasteiger partial charge in [0.1, 0.15) is 5.69 Å². The van der Waals surface area contributed by atoms with Gasteiger partial charge in [-0.1, -0.05) is 0 Å². The van der Waals surface area contributed by atoms with Crippen molar-refractivity contribution < 1.29 is 27.5 Å². The molecule has 0 radical (unpaired) electrons. The third-order valence-electron chi connectivity index (χ3n) is 3.75. The van der Waals surface area contributed by atoms with Gasteiger partial charge in [-0.05, 0) is 44.2 Å². The van der Waals surface area contributed by atoms with Crippen LogP contribution in [-0.4, -0.2) is 42.9 Å². The third-order valence-corrected chi connectivity index (χ3v) is 4.35. The van der Waals surface area contributed by atoms with Gasteiger partial charge in [0.25, 0.3) is 0 Å². The molecule has 0 spiro atoms. The Labute approximate surface area is 157 Å². The molecule has 0 saturated heterocycles. The number of carbonyl (C=O) groups is 3. The second-order valence-electron chi connectivity index (χ2n) is 6.14. The number of nitrogens with zero attached hydrogens (tertiary/aromatic N) is 1. The van der Waals surface area contributed by atoms with Crippen molar-refractivity contribution in [1.29, 1.82) is 0 Å². The molecule has 0 aliphatic carbocycles. The van der Waals surface area contributed by atoms with E-state index in [1.807, 2.05) is 0 Å². The molecule has 0 aliphatic rings. The minimum absolute atomic E-state index is 0.160. The lowest BCUT2D eigenvalue weighted by molar-refractivity contribution is 0.0309. The molecule has 0 bridgehead atoms. The fourth-order valence-corrected chi connectivity index (χ4v) is 2.95. The molecule has 2 rings (SSSR count). The van der Waals surface area contributed by atoms with Crippen LogP contribution in [0.1, 0.15) is 45.1 Å². The molecular weight excluding hydrogens is 372 g/mol. The molecule has 1 heterocycles. The van der Waals surface area contributed by atoms with E-state index in [2.05, 4.69) is 4.72 Å². The van der Waals surface area contributed by atoms with Gasteiger partial charge in [-0.2, -0.15) is 0 Å². The topological polar surface area (TPSA) is 112 Å². The van der Waals surface area contributed by atoms with Crippen molar-refractivity contribution in [2.24, 2.45) is 7.05 Å². The van der Waals surface area contributed by atoms with Crippen molar-refractivity contribution in [3.05, 3.63) is 53.3 Å². The molecule has 1 N–H and O–H groups in total. The summed E-state index contributed by atoms with van der Waals surface area (Å²) in [6, 6.07) is 7.18. The van der Waals surface area contributed by atoms with Crippen molar-refractivity contribution in [2.45, 2.75) is 20.0 Å². The van der Waals surface area contributed by atoms with Gasteiger partial charge in [-0.25, -0.2) is 13.2 Å². The number of anilines is 1. The molecule has 0 amide bonds. The van der Waals surface area contributed by atoms with E-state index in [1.165, 1.54) is 54.9 Å². The van der Waals surface area contributed by atoms with E-state index in [4.69, 9.17) is 4.74 Å². The lowest BCUT2D eigenvalue weighted by Gasteiger charge is -2.13. The van der Waals surface area contributed by atoms with Crippen LogP contribution in [0, 0.1) is 0 Å². The largest absolute Gasteiger partial charge is 0.450 e. The summed E-state index contributed by atoms with van der Waals surface area (Å²) in [6.07, 6.45) is 1.48. The minimum Gasteiger partial charge on any atom is -0.450 e. The number of ketones is 2. The van der Waals surface area contributed by atoms with Crippen LogP contribution in [0.15, 0.2) is 36.5 Å². The number of aromatic nitrogens is 1. The van der Waals surface area contributed by atoms with E-state index in [9.17, 15) is 22.8 Å². The zero-order valence-electron chi connectivity index (χ0n) is 15.3. The first-order valence-electron chi connectivity index (χ1n) is 7.98. The Balaban J connectivity index is 2.09. The fraction of sp³-hybridized carbons (Fsp3) is 0.278. The summed E-state index contributed by atoms with van der Waals surface area (Å²) in [5.74, 6) is -1.34. The lowest BCUT2D eigenvalue weighted by atomic mass is 10.1. The van der Waals surface area contributed by atoms with Crippen LogP contribution in [0.4, 0.5) is 5.69 Å². The summed E-state index contributed by atoms with van der Waals surface area (Å²) in [5.41, 5.74) is 1.12. The first kappa shape index (κ1) is 20.4. The maximum Gasteiger partial charge on any atom is 0.355 e. The second kappa shape index (κ2) is 7.75. The highest BCUT2D eigenvalue weighted by Crippen LogP contribution is 2.15. The Morgan fingerprint density at radius 1 is 1.11 bits per heavy atom. The standard InChI is InChI=1S/C18H20N2O6S/c1-11(21)14-9-16(20(3)10-14)18(23)26-12(2)17(22)13-5-7-15(8-6-13)19-27(4,24)25/h5-10,12,19H,1-4H3/t12-/m0/s1. The third kappa shape index (κ3) is 5.27. The van der Waals surface area contributed by atoms with E-state index in [1.54, 1.807) is 7.05 Å². The van der Waals surface area contributed by atoms with Gasteiger partial charge in [-0.3, -0.25) is 14.3 Å². The number of rotatable bonds is 7. The number of ether oxygens (including phenoxy) is 1. The van der Waals surface area contributed by atoms with E-state index in [0.717, 1.165) is 6.26 Å². The number of esters is 1. The molecule has 1 atom stereocenters. The summed E-state index contributed by atoms with van der Waals surface area (Å²) in [5, 5.41) is 0. The molecule has 0 aliphatic heterocycles. The lowest BCUT2D eigenvalue weighted by Crippen LogP contribution is -2.25. The number of Topliss-reactive ketones (excluding diaryl/α,β-unsaturated/α-hetero) is 2. The summed E-state index contributed by atoms with van der Waals surface area (Å²) >= 11 is 0. The van der Waals surface area contributed by atoms with Gasteiger partial charge in [0, 0.05) is 30.1 Å². The Bertz CT molecular complexity index is 989. The Morgan fingerprint density at radius 2 is 1.70 bits per heavy atom. The first-order chi connectivity index (χ1) is 12.5. The Morgan fingerprint density at radius 3 is 2.19 bits per heavy atom. The molecule has 1 aromatic carbocycles. The van der Waals surface area contributed by atoms with Crippen molar-refractivity contribution in [2.75, 3.05) is 11.0 Å². The number of hydrogen-bond donors (Lipinski definition) is 1. The molecule has 2 aromatic rings. The van der Waals surface area contributed by atoms with E-state index < -0.39 is 27.9 Å². The van der Waals surface area contributed by atoms with Gasteiger partial charge < -0.3 is 9.30 Å². The number of carbonyl (C=O) groups excluding carboxylic acids is 3. The monoisotopic (exact) mass is 392 g/mol. The predicted octanol–water partition coefficient (Wildman–Crippen LogP) is 2.03. The molecule has 0 saturated carbocycles. The minimum atomic E-state index is -3.41. The van der Waals surface area contributed by atoms with Crippen LogP contribution < -0.4 is 4.72 Å². The van der Waals surface area contributed by atoms with Crippen molar-refractivity contribution >= 4 is 33.2 Å². The van der Waals surface area contributed by atoms with Crippen LogP contribution in [0.25, 0.3) is 0 Å². The molecule has 9 heteroatoms. The van der Waals surface area contributed by atoms with Crippen LogP contribution >= 0.6 is 0 Å². The molecule has 0 fully saturated rings. The molecule has 8 nitrogen and oxygen atoms in total. The Kier molecular flexibility index (Phi) is 5.85. The SMILES string of the molecule is CC(=O)c1cc(C(=O)O[C@@H](C)C(=O)c2ccc(NS(C)(=O)=O)cc2)n(C)c1. The maximum absolute atomic E-state index is 12.4. The van der Waals surface area contributed by atoms with Gasteiger partial charge >= 0.3 is 5.97 Å². The predicted molar refractivity (Wildman–Crippen MR) is 99.5 cm³/mol. The Hall–Kier alpha value is -2.94. The zero-order valence-corrected chi connectivity index (χ0v) is 16.2. The molecule has 144 valence electrons. The molecular formula is C18H20N2O6S. The van der Waals surface area contributed by atoms with Crippen molar-refractivity contribution in [1.82, 2.24) is 4.57 Å². The van der Waals surface area contributed by atoms with Crippen molar-refractivity contribution in [3.63, 3.8) is 0 Å². The summed E-state index contributed by atoms with van der Waals surface area (Å²) in [7, 11) is -1.81. The second-order valence-corrected chi connectivity index (χ2v) is 7.89. The highest BCUT2D eigenvalue weighted by atomic mass is 32.2. The van der Waals surface area contributed by atoms with E-state index in [-0.39, 0.29) is 17.0 Å². The number of aryl methyl sites for hydroxylation is 1. The van der Waals surface area contributed by atoms with Gasteiger partial charge in [0.2, 0.25) is 15.8 Å². The van der Waals surface area contributed by atoms with Crippen LogP contribution in [0.5, 0.6) is 0 Å². The average molecular weight is 392 g/mol. The smallest absolute Gasteiger partial charge is 0.355 e. The van der Waals surface area contributed by atoms with Crippen LogP contribution in [-0.2, 0) is 21.8 Å². The number of sulfonamides is 1. The fourth-order valence-electron chi connectivity index (χ4n) is 2.39. The van der Waals surface area contributed by atoms with Crippen molar-refractivity contribution in [3.8, 4) is 0 Å². The first-order valence-corrected chi connectivity index (χ1v) is 9.87. The van der Waals surface area contributed by atoms with Gasteiger partial charge in [-0.15, -0.1) is 0 Å². The molecule has 1 aromatic heterocycles.